The highest BCUT2D eigenvalue weighted by molar-refractivity contribution is 5.85. The second-order valence-electron chi connectivity index (χ2n) is 7.42. The smallest absolute Gasteiger partial charge is 0.410 e. The number of aromatic nitrogens is 2. The van der Waals surface area contributed by atoms with Gasteiger partial charge in [-0.3, -0.25) is 0 Å². The van der Waals surface area contributed by atoms with Crippen molar-refractivity contribution in [2.24, 2.45) is 5.73 Å². The molecule has 1 aromatic rings. The molecule has 0 saturated carbocycles. The number of nitrogens with two attached hydrogens (primary N) is 1. The molecule has 2 unspecified atom stereocenters. The van der Waals surface area contributed by atoms with E-state index >= 15 is 0 Å². The van der Waals surface area contributed by atoms with Crippen LogP contribution < -0.4 is 5.73 Å². The predicted octanol–water partition coefficient (Wildman–Crippen LogP) is 2.30. The van der Waals surface area contributed by atoms with Gasteiger partial charge in [0.2, 0.25) is 0 Å². The van der Waals surface area contributed by atoms with E-state index in [2.05, 4.69) is 9.55 Å². The van der Waals surface area contributed by atoms with Crippen molar-refractivity contribution in [1.82, 2.24) is 14.5 Å². The number of likely N-dealkylation sites (tertiary alicyclic amines) is 1. The van der Waals surface area contributed by atoms with E-state index in [4.69, 9.17) is 10.5 Å². The van der Waals surface area contributed by atoms with Gasteiger partial charge in [-0.05, 0) is 33.6 Å². The van der Waals surface area contributed by atoms with Crippen molar-refractivity contribution in [2.45, 2.75) is 64.1 Å². The molecule has 0 bridgehead atoms. The quantitative estimate of drug-likeness (QED) is 0.849. The molecule has 3 rings (SSSR count). The molecule has 0 radical (unpaired) electrons. The largest absolute Gasteiger partial charge is 0.444 e. The fraction of sp³-hybridized carbons (Fsp3) is 0.750. The summed E-state index contributed by atoms with van der Waals surface area (Å²) in [4.78, 5) is 18.6. The summed E-state index contributed by atoms with van der Waals surface area (Å²) in [5, 5.41) is 0. The first-order chi connectivity index (χ1) is 10.3. The van der Waals surface area contributed by atoms with E-state index in [1.807, 2.05) is 27.0 Å². The van der Waals surface area contributed by atoms with Crippen molar-refractivity contribution >= 4 is 18.5 Å². The van der Waals surface area contributed by atoms with Gasteiger partial charge in [-0.15, -0.1) is 12.4 Å². The molecule has 6 nitrogen and oxygen atoms in total. The van der Waals surface area contributed by atoms with E-state index in [1.54, 1.807) is 4.90 Å². The lowest BCUT2D eigenvalue weighted by Crippen LogP contribution is -2.35. The van der Waals surface area contributed by atoms with Gasteiger partial charge in [0.1, 0.15) is 11.4 Å². The van der Waals surface area contributed by atoms with Crippen LogP contribution in [0.1, 0.15) is 51.0 Å². The Morgan fingerprint density at radius 3 is 2.78 bits per heavy atom. The maximum absolute atomic E-state index is 12.2. The Balaban J connectivity index is 0.00000192. The number of halogens is 1. The van der Waals surface area contributed by atoms with Crippen LogP contribution in [0.5, 0.6) is 0 Å². The average Bonchev–Trinajstić information content (AvgIpc) is 3.01. The minimum atomic E-state index is -0.447. The summed E-state index contributed by atoms with van der Waals surface area (Å²) in [6.45, 7) is 8.06. The molecule has 2 aliphatic rings. The summed E-state index contributed by atoms with van der Waals surface area (Å²) in [7, 11) is 0. The lowest BCUT2D eigenvalue weighted by Gasteiger charge is -2.25. The number of rotatable bonds is 1. The molecule has 0 spiro atoms. The van der Waals surface area contributed by atoms with Crippen LogP contribution in [0, 0.1) is 0 Å². The lowest BCUT2D eigenvalue weighted by molar-refractivity contribution is 0.0292. The van der Waals surface area contributed by atoms with Gasteiger partial charge in [-0.1, -0.05) is 0 Å². The van der Waals surface area contributed by atoms with Gasteiger partial charge in [-0.2, -0.15) is 0 Å². The fourth-order valence-electron chi connectivity index (χ4n) is 3.30. The molecule has 1 amide bonds. The number of carbonyl (C=O) groups is 1. The van der Waals surface area contributed by atoms with E-state index in [0.29, 0.717) is 12.5 Å². The van der Waals surface area contributed by atoms with Crippen LogP contribution >= 0.6 is 12.4 Å². The zero-order chi connectivity index (χ0) is 15.9. The first kappa shape index (κ1) is 18.1. The number of imidazole rings is 1. The van der Waals surface area contributed by atoms with Crippen LogP contribution in [0.3, 0.4) is 0 Å². The molecule has 2 aliphatic heterocycles. The highest BCUT2D eigenvalue weighted by Crippen LogP contribution is 2.30. The molecule has 1 aromatic heterocycles. The van der Waals surface area contributed by atoms with Crippen molar-refractivity contribution < 1.29 is 9.53 Å². The molecule has 1 saturated heterocycles. The van der Waals surface area contributed by atoms with Crippen LogP contribution in [0.2, 0.25) is 0 Å². The number of fused-ring (bicyclic) bond motifs is 1. The van der Waals surface area contributed by atoms with Gasteiger partial charge < -0.3 is 19.9 Å². The summed E-state index contributed by atoms with van der Waals surface area (Å²) in [6.07, 6.45) is 4.57. The van der Waals surface area contributed by atoms with Crippen LogP contribution in [0.25, 0.3) is 0 Å². The summed E-state index contributed by atoms with van der Waals surface area (Å²) in [5.74, 6) is 1.41. The van der Waals surface area contributed by atoms with Crippen LogP contribution in [-0.2, 0) is 17.7 Å². The molecule has 23 heavy (non-hydrogen) atoms. The van der Waals surface area contributed by atoms with Crippen molar-refractivity contribution in [3.05, 3.63) is 17.7 Å². The Labute approximate surface area is 143 Å². The summed E-state index contributed by atoms with van der Waals surface area (Å²) >= 11 is 0. The Hall–Kier alpha value is -1.27. The van der Waals surface area contributed by atoms with E-state index in [0.717, 1.165) is 38.2 Å². The normalized spacial score (nSPS) is 24.1. The molecular weight excluding hydrogens is 316 g/mol. The molecule has 7 heteroatoms. The Bertz CT molecular complexity index is 567. The van der Waals surface area contributed by atoms with Crippen molar-refractivity contribution in [1.29, 1.82) is 0 Å². The zero-order valence-corrected chi connectivity index (χ0v) is 14.9. The fourth-order valence-corrected chi connectivity index (χ4v) is 3.30. The highest BCUT2D eigenvalue weighted by atomic mass is 35.5. The number of ether oxygens (including phenoxy) is 1. The minimum Gasteiger partial charge on any atom is -0.444 e. The second kappa shape index (κ2) is 6.69. The van der Waals surface area contributed by atoms with Crippen molar-refractivity contribution in [2.75, 3.05) is 13.1 Å². The van der Waals surface area contributed by atoms with Gasteiger partial charge in [0.25, 0.3) is 0 Å². The maximum Gasteiger partial charge on any atom is 0.410 e. The predicted molar refractivity (Wildman–Crippen MR) is 90.9 cm³/mol. The van der Waals surface area contributed by atoms with E-state index in [-0.39, 0.29) is 24.5 Å². The van der Waals surface area contributed by atoms with Crippen molar-refractivity contribution in [3.63, 3.8) is 0 Å². The number of hydrogen-bond donors (Lipinski definition) is 1. The van der Waals surface area contributed by atoms with Gasteiger partial charge in [0, 0.05) is 49.9 Å². The van der Waals surface area contributed by atoms with Crippen LogP contribution in [-0.4, -0.2) is 45.3 Å². The Morgan fingerprint density at radius 1 is 1.35 bits per heavy atom. The van der Waals surface area contributed by atoms with E-state index in [1.165, 1.54) is 5.69 Å². The summed E-state index contributed by atoms with van der Waals surface area (Å²) in [5.41, 5.74) is 6.80. The first-order valence-electron chi connectivity index (χ1n) is 8.11. The standard InChI is InChI=1S/C16H26N4O2.ClH/c1-16(2,3)22-15(21)19-6-4-11(10-19)14-18-9-13-8-12(17)5-7-20(13)14;/h9,11-12H,4-8,10,17H2,1-3H3;1H. The topological polar surface area (TPSA) is 73.4 Å². The van der Waals surface area contributed by atoms with E-state index < -0.39 is 5.60 Å². The van der Waals surface area contributed by atoms with Gasteiger partial charge in [0.15, 0.2) is 0 Å². The molecule has 2 N–H and O–H groups in total. The summed E-state index contributed by atoms with van der Waals surface area (Å²) < 4.78 is 7.76. The molecule has 1 fully saturated rings. The third-order valence-corrected chi connectivity index (χ3v) is 4.37. The number of amides is 1. The lowest BCUT2D eigenvalue weighted by atomic mass is 10.0. The molecule has 0 aliphatic carbocycles. The summed E-state index contributed by atoms with van der Waals surface area (Å²) in [6, 6.07) is 0.249. The highest BCUT2D eigenvalue weighted by Gasteiger charge is 2.33. The maximum atomic E-state index is 12.2. The third kappa shape index (κ3) is 3.98. The van der Waals surface area contributed by atoms with E-state index in [9.17, 15) is 4.79 Å². The Kier molecular flexibility index (Phi) is 5.26. The van der Waals surface area contributed by atoms with Crippen molar-refractivity contribution in [3.8, 4) is 0 Å². The SMILES string of the molecule is CC(C)(C)OC(=O)N1CCC(c2ncc3n2CCC(N)C3)C1.Cl. The molecular formula is C16H27ClN4O2. The molecule has 3 heterocycles. The number of nitrogens with zero attached hydrogens (tertiary/aromatic N) is 3. The number of carbonyl (C=O) groups excluding carboxylic acids is 1. The molecule has 2 atom stereocenters. The van der Waals surface area contributed by atoms with Gasteiger partial charge in [-0.25, -0.2) is 9.78 Å². The minimum absolute atomic E-state index is 0. The monoisotopic (exact) mass is 342 g/mol. The molecule has 130 valence electrons. The molecule has 0 aromatic carbocycles. The van der Waals surface area contributed by atoms with Crippen LogP contribution in [0.15, 0.2) is 6.20 Å². The third-order valence-electron chi connectivity index (χ3n) is 4.37. The Morgan fingerprint density at radius 2 is 2.09 bits per heavy atom. The second-order valence-corrected chi connectivity index (χ2v) is 7.42. The first-order valence-corrected chi connectivity index (χ1v) is 8.11. The average molecular weight is 343 g/mol. The van der Waals surface area contributed by atoms with Crippen LogP contribution in [0.4, 0.5) is 4.79 Å². The number of hydrogen-bond acceptors (Lipinski definition) is 4. The zero-order valence-electron chi connectivity index (χ0n) is 14.1. The van der Waals surface area contributed by atoms with Gasteiger partial charge in [0.05, 0.1) is 0 Å². The van der Waals surface area contributed by atoms with Gasteiger partial charge >= 0.3 is 6.09 Å².